The van der Waals surface area contributed by atoms with Crippen molar-refractivity contribution in [3.8, 4) is 5.75 Å². The number of ether oxygens (including phenoxy) is 1. The van der Waals surface area contributed by atoms with Crippen molar-refractivity contribution >= 4 is 45.7 Å². The van der Waals surface area contributed by atoms with E-state index in [9.17, 15) is 14.0 Å². The van der Waals surface area contributed by atoms with Gasteiger partial charge in [0.2, 0.25) is 11.0 Å². The number of hydrogen-bond acceptors (Lipinski definition) is 7. The maximum absolute atomic E-state index is 13.2. The molecule has 0 aliphatic carbocycles. The van der Waals surface area contributed by atoms with Crippen LogP contribution in [0.3, 0.4) is 0 Å². The lowest BCUT2D eigenvalue weighted by atomic mass is 10.2. The van der Waals surface area contributed by atoms with Gasteiger partial charge in [-0.15, -0.1) is 10.2 Å². The Kier molecular flexibility index (Phi) is 6.56. The second-order valence-corrected chi connectivity index (χ2v) is 7.57. The number of thioether (sulfide) groups is 1. The number of aromatic nitrogens is 2. The van der Waals surface area contributed by atoms with Gasteiger partial charge in [-0.1, -0.05) is 41.3 Å². The Morgan fingerprint density at radius 1 is 1.14 bits per heavy atom. The van der Waals surface area contributed by atoms with Crippen LogP contribution >= 0.6 is 23.1 Å². The molecule has 0 atom stereocenters. The Hall–Kier alpha value is -2.98. The number of hydrogen-bond donors (Lipinski definition) is 2. The molecule has 3 aromatic rings. The monoisotopic (exact) mass is 418 g/mol. The molecule has 2 amide bonds. The molecule has 0 saturated heterocycles. The summed E-state index contributed by atoms with van der Waals surface area (Å²) in [5.41, 5.74) is 0.761. The molecule has 0 bridgehead atoms. The minimum atomic E-state index is -0.498. The summed E-state index contributed by atoms with van der Waals surface area (Å²) in [6, 6.07) is 12.4. The SMILES string of the molecule is COc1ccccc1NC(=O)CSc1nnc(NC(=O)c2cccc(F)c2)s1. The van der Waals surface area contributed by atoms with Crippen molar-refractivity contribution in [2.45, 2.75) is 4.34 Å². The number of amides is 2. The Balaban J connectivity index is 1.53. The number of para-hydroxylation sites is 2. The van der Waals surface area contributed by atoms with Crippen molar-refractivity contribution in [3.63, 3.8) is 0 Å². The number of benzene rings is 2. The molecule has 144 valence electrons. The highest BCUT2D eigenvalue weighted by atomic mass is 32.2. The predicted molar refractivity (Wildman–Crippen MR) is 107 cm³/mol. The Morgan fingerprint density at radius 2 is 1.96 bits per heavy atom. The van der Waals surface area contributed by atoms with Crippen molar-refractivity contribution in [1.29, 1.82) is 0 Å². The molecule has 1 heterocycles. The highest BCUT2D eigenvalue weighted by molar-refractivity contribution is 8.01. The third-order valence-electron chi connectivity index (χ3n) is 3.42. The van der Waals surface area contributed by atoms with E-state index >= 15 is 0 Å². The molecule has 0 aliphatic heterocycles. The third kappa shape index (κ3) is 5.27. The summed E-state index contributed by atoms with van der Waals surface area (Å²) in [6.45, 7) is 0. The van der Waals surface area contributed by atoms with Crippen LogP contribution < -0.4 is 15.4 Å². The summed E-state index contributed by atoms with van der Waals surface area (Å²) >= 11 is 2.31. The Labute approximate surface area is 168 Å². The van der Waals surface area contributed by atoms with Crippen LogP contribution in [0.5, 0.6) is 5.75 Å². The van der Waals surface area contributed by atoms with E-state index in [1.165, 1.54) is 37.1 Å². The van der Waals surface area contributed by atoms with Crippen LogP contribution in [0.4, 0.5) is 15.2 Å². The maximum Gasteiger partial charge on any atom is 0.257 e. The summed E-state index contributed by atoms with van der Waals surface area (Å²) < 4.78 is 18.9. The first-order chi connectivity index (χ1) is 13.5. The van der Waals surface area contributed by atoms with Gasteiger partial charge in [-0.25, -0.2) is 4.39 Å². The van der Waals surface area contributed by atoms with E-state index in [0.717, 1.165) is 17.4 Å². The molecule has 0 saturated carbocycles. The van der Waals surface area contributed by atoms with Gasteiger partial charge in [0.25, 0.3) is 5.91 Å². The Bertz CT molecular complexity index is 996. The number of methoxy groups -OCH3 is 1. The van der Waals surface area contributed by atoms with Crippen molar-refractivity contribution in [3.05, 3.63) is 59.9 Å². The highest BCUT2D eigenvalue weighted by Gasteiger charge is 2.13. The van der Waals surface area contributed by atoms with Crippen LogP contribution in [-0.2, 0) is 4.79 Å². The molecule has 0 spiro atoms. The van der Waals surface area contributed by atoms with Crippen molar-refractivity contribution in [1.82, 2.24) is 10.2 Å². The van der Waals surface area contributed by atoms with Gasteiger partial charge >= 0.3 is 0 Å². The van der Waals surface area contributed by atoms with Crippen LogP contribution in [0.25, 0.3) is 0 Å². The van der Waals surface area contributed by atoms with Crippen molar-refractivity contribution in [2.75, 3.05) is 23.5 Å². The molecule has 2 aromatic carbocycles. The average molecular weight is 418 g/mol. The zero-order valence-electron chi connectivity index (χ0n) is 14.6. The molecule has 0 unspecified atom stereocenters. The minimum Gasteiger partial charge on any atom is -0.495 e. The molecule has 0 fully saturated rings. The van der Waals surface area contributed by atoms with Gasteiger partial charge in [-0.05, 0) is 30.3 Å². The fourth-order valence-corrected chi connectivity index (χ4v) is 3.73. The van der Waals surface area contributed by atoms with Crippen LogP contribution in [0.15, 0.2) is 52.9 Å². The number of carbonyl (C=O) groups is 2. The lowest BCUT2D eigenvalue weighted by Gasteiger charge is -2.08. The summed E-state index contributed by atoms with van der Waals surface area (Å²) in [5, 5.41) is 13.4. The van der Waals surface area contributed by atoms with E-state index in [2.05, 4.69) is 20.8 Å². The van der Waals surface area contributed by atoms with E-state index in [4.69, 9.17) is 4.74 Å². The van der Waals surface area contributed by atoms with Crippen LogP contribution in [0, 0.1) is 5.82 Å². The number of nitrogens with zero attached hydrogens (tertiary/aromatic N) is 2. The Morgan fingerprint density at radius 3 is 2.75 bits per heavy atom. The molecule has 2 N–H and O–H groups in total. The van der Waals surface area contributed by atoms with Gasteiger partial charge in [0.1, 0.15) is 11.6 Å². The number of anilines is 2. The molecule has 28 heavy (non-hydrogen) atoms. The van der Waals surface area contributed by atoms with Gasteiger partial charge in [0, 0.05) is 5.56 Å². The number of carbonyl (C=O) groups excluding carboxylic acids is 2. The molecule has 0 radical (unpaired) electrons. The number of halogens is 1. The molecule has 0 aliphatic rings. The van der Waals surface area contributed by atoms with Gasteiger partial charge < -0.3 is 10.1 Å². The van der Waals surface area contributed by atoms with E-state index in [1.807, 2.05) is 6.07 Å². The first-order valence-electron chi connectivity index (χ1n) is 8.01. The standard InChI is InChI=1S/C18H15FN4O3S2/c1-26-14-8-3-2-7-13(14)20-15(24)10-27-18-23-22-17(28-18)21-16(25)11-5-4-6-12(19)9-11/h2-9H,10H2,1H3,(H,20,24)(H,21,22,25). The fourth-order valence-electron chi connectivity index (χ4n) is 2.18. The van der Waals surface area contributed by atoms with E-state index in [0.29, 0.717) is 15.8 Å². The molecular formula is C18H15FN4O3S2. The largest absolute Gasteiger partial charge is 0.495 e. The van der Waals surface area contributed by atoms with E-state index in [-0.39, 0.29) is 22.4 Å². The zero-order valence-corrected chi connectivity index (χ0v) is 16.3. The van der Waals surface area contributed by atoms with E-state index in [1.54, 1.807) is 18.2 Å². The lowest BCUT2D eigenvalue weighted by Crippen LogP contribution is -2.14. The van der Waals surface area contributed by atoms with Gasteiger partial charge in [-0.2, -0.15) is 0 Å². The van der Waals surface area contributed by atoms with Gasteiger partial charge in [0.15, 0.2) is 4.34 Å². The summed E-state index contributed by atoms with van der Waals surface area (Å²) in [5.74, 6) is -0.526. The van der Waals surface area contributed by atoms with Crippen LogP contribution in [0.1, 0.15) is 10.4 Å². The number of nitrogens with one attached hydrogen (secondary N) is 2. The first kappa shape index (κ1) is 19.8. The molecular weight excluding hydrogens is 403 g/mol. The second kappa shape index (κ2) is 9.29. The molecule has 3 rings (SSSR count). The summed E-state index contributed by atoms with van der Waals surface area (Å²) in [7, 11) is 1.53. The van der Waals surface area contributed by atoms with Crippen LogP contribution in [0.2, 0.25) is 0 Å². The van der Waals surface area contributed by atoms with E-state index < -0.39 is 11.7 Å². The van der Waals surface area contributed by atoms with Gasteiger partial charge in [-0.3, -0.25) is 14.9 Å². The lowest BCUT2D eigenvalue weighted by molar-refractivity contribution is -0.113. The maximum atomic E-state index is 13.2. The average Bonchev–Trinajstić information content (AvgIpc) is 3.14. The van der Waals surface area contributed by atoms with Crippen molar-refractivity contribution in [2.24, 2.45) is 0 Å². The number of rotatable bonds is 7. The highest BCUT2D eigenvalue weighted by Crippen LogP contribution is 2.27. The predicted octanol–water partition coefficient (Wildman–Crippen LogP) is 3.67. The van der Waals surface area contributed by atoms with Crippen molar-refractivity contribution < 1.29 is 18.7 Å². The first-order valence-corrected chi connectivity index (χ1v) is 9.81. The molecule has 1 aromatic heterocycles. The fraction of sp³-hybridized carbons (Fsp3) is 0.111. The van der Waals surface area contributed by atoms with Gasteiger partial charge in [0.05, 0.1) is 18.6 Å². The smallest absolute Gasteiger partial charge is 0.257 e. The summed E-state index contributed by atoms with van der Waals surface area (Å²) in [6.07, 6.45) is 0. The zero-order chi connectivity index (χ0) is 19.9. The normalized spacial score (nSPS) is 10.4. The quantitative estimate of drug-likeness (QED) is 0.449. The second-order valence-electron chi connectivity index (χ2n) is 5.37. The topological polar surface area (TPSA) is 93.2 Å². The molecule has 7 nitrogen and oxygen atoms in total. The summed E-state index contributed by atoms with van der Waals surface area (Å²) in [4.78, 5) is 24.2. The molecule has 10 heteroatoms. The van der Waals surface area contributed by atoms with Crippen LogP contribution in [-0.4, -0.2) is 34.9 Å². The third-order valence-corrected chi connectivity index (χ3v) is 5.39. The minimum absolute atomic E-state index is 0.116.